The minimum atomic E-state index is 1.03. The van der Waals surface area contributed by atoms with E-state index >= 15 is 0 Å². The lowest BCUT2D eigenvalue weighted by atomic mass is 10.2. The van der Waals surface area contributed by atoms with Gasteiger partial charge in [0.2, 0.25) is 0 Å². The average Bonchev–Trinajstić information content (AvgIpc) is 2.42. The van der Waals surface area contributed by atoms with Crippen molar-refractivity contribution in [2.75, 3.05) is 17.6 Å². The Hall–Kier alpha value is -1.41. The van der Waals surface area contributed by atoms with Crippen LogP contribution in [0, 0.1) is 6.92 Å². The van der Waals surface area contributed by atoms with Crippen LogP contribution >= 0.6 is 11.8 Å². The van der Waals surface area contributed by atoms with E-state index in [1.54, 1.807) is 0 Å². The van der Waals surface area contributed by atoms with Crippen molar-refractivity contribution < 1.29 is 0 Å². The van der Waals surface area contributed by atoms with Gasteiger partial charge in [0.25, 0.3) is 0 Å². The first kappa shape index (κ1) is 13.0. The molecule has 0 saturated carbocycles. The first-order valence-electron chi connectivity index (χ1n) is 6.33. The van der Waals surface area contributed by atoms with Crippen molar-refractivity contribution in [1.29, 1.82) is 0 Å². The number of thioether (sulfide) groups is 1. The minimum absolute atomic E-state index is 1.03. The molecule has 0 spiro atoms. The minimum Gasteiger partial charge on any atom is -0.385 e. The normalized spacial score (nSPS) is 10.3. The maximum absolute atomic E-state index is 3.43. The van der Waals surface area contributed by atoms with Gasteiger partial charge in [-0.3, -0.25) is 0 Å². The fourth-order valence-electron chi connectivity index (χ4n) is 1.76. The Bertz CT molecular complexity index is 468. The zero-order valence-corrected chi connectivity index (χ0v) is 11.5. The van der Waals surface area contributed by atoms with Crippen LogP contribution in [0.2, 0.25) is 0 Å². The van der Waals surface area contributed by atoms with E-state index in [1.165, 1.54) is 22.6 Å². The van der Waals surface area contributed by atoms with E-state index in [-0.39, 0.29) is 0 Å². The second-order valence-corrected chi connectivity index (χ2v) is 5.40. The summed E-state index contributed by atoms with van der Waals surface area (Å²) in [6.07, 6.45) is 1.17. The monoisotopic (exact) mass is 257 g/mol. The Kier molecular flexibility index (Phi) is 5.15. The molecule has 0 radical (unpaired) electrons. The topological polar surface area (TPSA) is 12.0 Å². The lowest BCUT2D eigenvalue weighted by molar-refractivity contribution is 0.991. The molecule has 18 heavy (non-hydrogen) atoms. The first-order valence-corrected chi connectivity index (χ1v) is 7.32. The Morgan fingerprint density at radius 2 is 1.67 bits per heavy atom. The van der Waals surface area contributed by atoms with Crippen molar-refractivity contribution in [3.63, 3.8) is 0 Å². The van der Waals surface area contributed by atoms with Gasteiger partial charge in [0.1, 0.15) is 0 Å². The van der Waals surface area contributed by atoms with E-state index in [9.17, 15) is 0 Å². The van der Waals surface area contributed by atoms with Crippen LogP contribution in [0.4, 0.5) is 5.69 Å². The van der Waals surface area contributed by atoms with Gasteiger partial charge in [0.05, 0.1) is 0 Å². The van der Waals surface area contributed by atoms with E-state index in [1.807, 2.05) is 17.8 Å². The van der Waals surface area contributed by atoms with Crippen LogP contribution in [0.3, 0.4) is 0 Å². The molecule has 2 heteroatoms. The van der Waals surface area contributed by atoms with Crippen molar-refractivity contribution in [1.82, 2.24) is 0 Å². The summed E-state index contributed by atoms with van der Waals surface area (Å²) in [6, 6.07) is 18.9. The van der Waals surface area contributed by atoms with E-state index in [2.05, 4.69) is 60.8 Å². The molecule has 1 N–H and O–H groups in total. The third kappa shape index (κ3) is 4.11. The summed E-state index contributed by atoms with van der Waals surface area (Å²) >= 11 is 1.94. The third-order valence-electron chi connectivity index (χ3n) is 2.78. The highest BCUT2D eigenvalue weighted by atomic mass is 32.2. The Morgan fingerprint density at radius 3 is 2.44 bits per heavy atom. The van der Waals surface area contributed by atoms with E-state index in [0.717, 1.165) is 12.3 Å². The Labute approximate surface area is 114 Å². The molecule has 1 nitrogen and oxygen atoms in total. The zero-order chi connectivity index (χ0) is 12.6. The lowest BCUT2D eigenvalue weighted by Gasteiger charge is -2.07. The van der Waals surface area contributed by atoms with Gasteiger partial charge >= 0.3 is 0 Å². The van der Waals surface area contributed by atoms with Gasteiger partial charge in [-0.15, -0.1) is 11.8 Å². The summed E-state index contributed by atoms with van der Waals surface area (Å²) in [5.41, 5.74) is 2.58. The van der Waals surface area contributed by atoms with Crippen LogP contribution in [0.5, 0.6) is 0 Å². The molecular weight excluding hydrogens is 238 g/mol. The number of hydrogen-bond acceptors (Lipinski definition) is 2. The maximum atomic E-state index is 3.43. The molecule has 0 fully saturated rings. The molecule has 0 amide bonds. The van der Waals surface area contributed by atoms with Gasteiger partial charge in [0.15, 0.2) is 0 Å². The summed E-state index contributed by atoms with van der Waals surface area (Å²) in [7, 11) is 0. The molecule has 0 bridgehead atoms. The van der Waals surface area contributed by atoms with Gasteiger partial charge < -0.3 is 5.32 Å². The number of rotatable bonds is 6. The maximum Gasteiger partial charge on any atom is 0.0340 e. The Balaban J connectivity index is 1.66. The van der Waals surface area contributed by atoms with Gasteiger partial charge in [-0.1, -0.05) is 36.4 Å². The third-order valence-corrected chi connectivity index (χ3v) is 4.04. The van der Waals surface area contributed by atoms with E-state index < -0.39 is 0 Å². The highest BCUT2D eigenvalue weighted by molar-refractivity contribution is 7.99. The number of nitrogens with one attached hydrogen (secondary N) is 1. The summed E-state index contributed by atoms with van der Waals surface area (Å²) in [5.74, 6) is 1.16. The van der Waals surface area contributed by atoms with Gasteiger partial charge in [-0.05, 0) is 42.9 Å². The molecule has 2 rings (SSSR count). The quantitative estimate of drug-likeness (QED) is 0.600. The van der Waals surface area contributed by atoms with Gasteiger partial charge in [-0.25, -0.2) is 0 Å². The number of benzene rings is 2. The van der Waals surface area contributed by atoms with Gasteiger partial charge in [0, 0.05) is 17.1 Å². The first-order chi connectivity index (χ1) is 8.86. The second kappa shape index (κ2) is 7.12. The van der Waals surface area contributed by atoms with Gasteiger partial charge in [-0.2, -0.15) is 0 Å². The van der Waals surface area contributed by atoms with E-state index in [0.29, 0.717) is 0 Å². The molecule has 0 aromatic heterocycles. The molecule has 0 heterocycles. The summed E-state index contributed by atoms with van der Waals surface area (Å²) in [4.78, 5) is 1.40. The SMILES string of the molecule is Cc1ccccc1SCCCNc1ccccc1. The molecule has 2 aromatic carbocycles. The molecule has 0 aliphatic carbocycles. The van der Waals surface area contributed by atoms with Crippen molar-refractivity contribution in [3.05, 3.63) is 60.2 Å². The molecule has 0 atom stereocenters. The molecule has 0 unspecified atom stereocenters. The van der Waals surface area contributed by atoms with Crippen LogP contribution in [-0.2, 0) is 0 Å². The van der Waals surface area contributed by atoms with Crippen molar-refractivity contribution in [3.8, 4) is 0 Å². The van der Waals surface area contributed by atoms with Crippen LogP contribution in [-0.4, -0.2) is 12.3 Å². The number of para-hydroxylation sites is 1. The number of aryl methyl sites for hydroxylation is 1. The standard InChI is InChI=1S/C16H19NS/c1-14-8-5-6-11-16(14)18-13-7-12-17-15-9-3-2-4-10-15/h2-6,8-11,17H,7,12-13H2,1H3. The summed E-state index contributed by atoms with van der Waals surface area (Å²) in [5, 5.41) is 3.43. The highest BCUT2D eigenvalue weighted by Gasteiger charge is 1.97. The smallest absolute Gasteiger partial charge is 0.0340 e. The largest absolute Gasteiger partial charge is 0.385 e. The zero-order valence-electron chi connectivity index (χ0n) is 10.7. The van der Waals surface area contributed by atoms with Crippen LogP contribution in [0.1, 0.15) is 12.0 Å². The average molecular weight is 257 g/mol. The van der Waals surface area contributed by atoms with E-state index in [4.69, 9.17) is 0 Å². The van der Waals surface area contributed by atoms with Crippen molar-refractivity contribution >= 4 is 17.4 Å². The predicted octanol–water partition coefficient (Wildman–Crippen LogP) is 4.59. The second-order valence-electron chi connectivity index (χ2n) is 4.26. The fourth-order valence-corrected chi connectivity index (χ4v) is 2.74. The molecule has 2 aromatic rings. The van der Waals surface area contributed by atoms with Crippen LogP contribution in [0.15, 0.2) is 59.5 Å². The highest BCUT2D eigenvalue weighted by Crippen LogP contribution is 2.22. The molecule has 0 saturated heterocycles. The molecule has 0 aliphatic rings. The lowest BCUT2D eigenvalue weighted by Crippen LogP contribution is -2.02. The molecule has 94 valence electrons. The van der Waals surface area contributed by atoms with Crippen LogP contribution < -0.4 is 5.32 Å². The van der Waals surface area contributed by atoms with Crippen molar-refractivity contribution in [2.24, 2.45) is 0 Å². The Morgan fingerprint density at radius 1 is 0.944 bits per heavy atom. The molecular formula is C16H19NS. The summed E-state index contributed by atoms with van der Waals surface area (Å²) in [6.45, 7) is 3.20. The fraction of sp³-hybridized carbons (Fsp3) is 0.250. The predicted molar refractivity (Wildman–Crippen MR) is 81.5 cm³/mol. The summed E-state index contributed by atoms with van der Waals surface area (Å²) < 4.78 is 0. The number of anilines is 1. The number of hydrogen-bond donors (Lipinski definition) is 1. The van der Waals surface area contributed by atoms with Crippen LogP contribution in [0.25, 0.3) is 0 Å². The van der Waals surface area contributed by atoms with Crippen molar-refractivity contribution in [2.45, 2.75) is 18.2 Å². The molecule has 0 aliphatic heterocycles.